The van der Waals surface area contributed by atoms with Gasteiger partial charge < -0.3 is 9.13 Å². The van der Waals surface area contributed by atoms with Crippen LogP contribution in [0.25, 0.3) is 44.8 Å². The van der Waals surface area contributed by atoms with Crippen LogP contribution >= 0.6 is 0 Å². The van der Waals surface area contributed by atoms with Crippen LogP contribution in [-0.4, -0.2) is 29.1 Å². The molecular formula is C28H24N6. The maximum Gasteiger partial charge on any atom is 0.141 e. The van der Waals surface area contributed by atoms with Crippen molar-refractivity contribution in [2.24, 2.45) is 0 Å². The summed E-state index contributed by atoms with van der Waals surface area (Å²) < 4.78 is 4.67. The van der Waals surface area contributed by atoms with E-state index in [9.17, 15) is 0 Å². The van der Waals surface area contributed by atoms with Crippen LogP contribution in [0.1, 0.15) is 12.8 Å². The van der Waals surface area contributed by atoms with Crippen LogP contribution < -0.4 is 0 Å². The first-order valence-electron chi connectivity index (χ1n) is 11.6. The van der Waals surface area contributed by atoms with Gasteiger partial charge in [-0.15, -0.1) is 0 Å². The lowest BCUT2D eigenvalue weighted by Gasteiger charge is -2.12. The normalized spacial score (nSPS) is 11.4. The molecular weight excluding hydrogens is 420 g/mol. The number of hydrogen-bond acceptors (Lipinski definition) is 4. The molecule has 4 aromatic heterocycles. The number of aromatic nitrogens is 6. The molecule has 0 unspecified atom stereocenters. The van der Waals surface area contributed by atoms with Gasteiger partial charge in [0.25, 0.3) is 0 Å². The number of aryl methyl sites for hydroxylation is 2. The third-order valence-corrected chi connectivity index (χ3v) is 6.20. The first kappa shape index (κ1) is 20.3. The third kappa shape index (κ3) is 3.73. The minimum atomic E-state index is 0.898. The van der Waals surface area contributed by atoms with E-state index in [-0.39, 0.29) is 0 Å². The molecule has 0 saturated heterocycles. The van der Waals surface area contributed by atoms with Gasteiger partial charge in [-0.25, -0.2) is 9.97 Å². The molecule has 34 heavy (non-hydrogen) atoms. The summed E-state index contributed by atoms with van der Waals surface area (Å²) in [4.78, 5) is 18.2. The Morgan fingerprint density at radius 1 is 0.500 bits per heavy atom. The van der Waals surface area contributed by atoms with Crippen LogP contribution in [0.4, 0.5) is 0 Å². The van der Waals surface area contributed by atoms with Gasteiger partial charge in [0.05, 0.1) is 22.1 Å². The quantitative estimate of drug-likeness (QED) is 0.284. The summed E-state index contributed by atoms with van der Waals surface area (Å²) in [6.07, 6.45) is 9.35. The van der Waals surface area contributed by atoms with Gasteiger partial charge in [0.2, 0.25) is 0 Å². The number of pyridine rings is 2. The van der Waals surface area contributed by atoms with E-state index in [1.165, 1.54) is 11.0 Å². The average molecular weight is 445 g/mol. The van der Waals surface area contributed by atoms with Crippen LogP contribution in [0.3, 0.4) is 0 Å². The van der Waals surface area contributed by atoms with E-state index >= 15 is 0 Å². The number of benzene rings is 2. The monoisotopic (exact) mass is 444 g/mol. The number of imidazole rings is 2. The predicted molar refractivity (Wildman–Crippen MR) is 135 cm³/mol. The Morgan fingerprint density at radius 2 is 0.912 bits per heavy atom. The Labute approximate surface area is 197 Å². The van der Waals surface area contributed by atoms with E-state index in [0.29, 0.717) is 0 Å². The zero-order valence-electron chi connectivity index (χ0n) is 18.7. The van der Waals surface area contributed by atoms with Gasteiger partial charge in [-0.1, -0.05) is 24.3 Å². The largest absolute Gasteiger partial charge is 0.324 e. The highest BCUT2D eigenvalue weighted by Gasteiger charge is 2.14. The predicted octanol–water partition coefficient (Wildman–Crippen LogP) is 5.99. The summed E-state index contributed by atoms with van der Waals surface area (Å²) in [6, 6.07) is 24.8. The molecule has 6 aromatic rings. The molecule has 6 nitrogen and oxygen atoms in total. The fourth-order valence-electron chi connectivity index (χ4n) is 4.59. The van der Waals surface area contributed by atoms with Gasteiger partial charge in [0.15, 0.2) is 0 Å². The molecule has 0 amide bonds. The Morgan fingerprint density at radius 3 is 1.35 bits per heavy atom. The molecule has 2 aromatic carbocycles. The number of hydrogen-bond donors (Lipinski definition) is 0. The van der Waals surface area contributed by atoms with Crippen molar-refractivity contribution >= 4 is 22.1 Å². The van der Waals surface area contributed by atoms with Crippen molar-refractivity contribution in [1.82, 2.24) is 29.1 Å². The maximum atomic E-state index is 4.92. The second-order valence-electron chi connectivity index (χ2n) is 8.33. The summed E-state index contributed by atoms with van der Waals surface area (Å²) in [6.45, 7) is 1.80. The summed E-state index contributed by atoms with van der Waals surface area (Å²) in [5, 5.41) is 0. The van der Waals surface area contributed by atoms with Crippen molar-refractivity contribution in [1.29, 1.82) is 0 Å². The van der Waals surface area contributed by atoms with Crippen molar-refractivity contribution in [2.75, 3.05) is 0 Å². The highest BCUT2D eigenvalue weighted by Crippen LogP contribution is 2.27. The van der Waals surface area contributed by atoms with Crippen LogP contribution in [0.5, 0.6) is 0 Å². The van der Waals surface area contributed by atoms with Crippen LogP contribution in [0, 0.1) is 0 Å². The minimum absolute atomic E-state index is 0.898. The van der Waals surface area contributed by atoms with E-state index in [0.717, 1.165) is 59.7 Å². The van der Waals surface area contributed by atoms with E-state index < -0.39 is 0 Å². The van der Waals surface area contributed by atoms with Gasteiger partial charge in [-0.2, -0.15) is 0 Å². The fraction of sp³-hybridized carbons (Fsp3) is 0.143. The lowest BCUT2D eigenvalue weighted by atomic mass is 10.2. The van der Waals surface area contributed by atoms with Crippen LogP contribution in [0.2, 0.25) is 0 Å². The molecule has 0 aliphatic carbocycles. The molecule has 166 valence electrons. The van der Waals surface area contributed by atoms with Gasteiger partial charge in [-0.3, -0.25) is 9.97 Å². The molecule has 0 aliphatic rings. The summed E-state index contributed by atoms with van der Waals surface area (Å²) in [5.41, 5.74) is 6.56. The standard InChI is InChI=1S/C28H24N6/c1-3-9-25-23(7-1)31-27(21-11-15-29-16-12-21)33(25)19-5-6-20-34-26-10-4-2-8-24(26)32-28(34)22-13-17-30-18-14-22/h1-4,7-18H,5-6,19-20H2. The third-order valence-electron chi connectivity index (χ3n) is 6.20. The topological polar surface area (TPSA) is 61.4 Å². The molecule has 0 atom stereocenters. The van der Waals surface area contributed by atoms with Crippen molar-refractivity contribution in [3.8, 4) is 22.8 Å². The maximum absolute atomic E-state index is 4.92. The highest BCUT2D eigenvalue weighted by molar-refractivity contribution is 5.81. The SMILES string of the molecule is c1ccc2c(c1)nc(-c1ccncc1)n2CCCCn1c(-c2ccncc2)nc2ccccc21. The van der Waals surface area contributed by atoms with Gasteiger partial charge in [0.1, 0.15) is 11.6 Å². The Kier molecular flexibility index (Phi) is 5.32. The van der Waals surface area contributed by atoms with E-state index in [2.05, 4.69) is 55.5 Å². The van der Waals surface area contributed by atoms with Gasteiger partial charge in [0, 0.05) is 49.0 Å². The van der Waals surface area contributed by atoms with Gasteiger partial charge >= 0.3 is 0 Å². The molecule has 0 radical (unpaired) electrons. The molecule has 4 heterocycles. The molecule has 0 bridgehead atoms. The van der Waals surface area contributed by atoms with Crippen molar-refractivity contribution in [2.45, 2.75) is 25.9 Å². The molecule has 0 fully saturated rings. The lowest BCUT2D eigenvalue weighted by Crippen LogP contribution is -2.05. The molecule has 6 rings (SSSR count). The minimum Gasteiger partial charge on any atom is -0.324 e. The Balaban J connectivity index is 1.27. The summed E-state index contributed by atoms with van der Waals surface area (Å²) in [7, 11) is 0. The summed E-state index contributed by atoms with van der Waals surface area (Å²) >= 11 is 0. The number of nitrogens with zero attached hydrogens (tertiary/aromatic N) is 6. The fourth-order valence-corrected chi connectivity index (χ4v) is 4.59. The molecule has 6 heteroatoms. The molecule has 0 aliphatic heterocycles. The molecule has 0 spiro atoms. The number of rotatable bonds is 7. The zero-order chi connectivity index (χ0) is 22.7. The van der Waals surface area contributed by atoms with Crippen molar-refractivity contribution in [3.63, 3.8) is 0 Å². The molecule has 0 saturated carbocycles. The smallest absolute Gasteiger partial charge is 0.141 e. The second kappa shape index (κ2) is 8.90. The first-order valence-corrected chi connectivity index (χ1v) is 11.6. The highest BCUT2D eigenvalue weighted by atomic mass is 15.1. The number of para-hydroxylation sites is 4. The number of unbranched alkanes of at least 4 members (excludes halogenated alkanes) is 1. The Hall–Kier alpha value is -4.32. The van der Waals surface area contributed by atoms with E-state index in [1.807, 2.05) is 61.2 Å². The van der Waals surface area contributed by atoms with Crippen LogP contribution in [0.15, 0.2) is 97.6 Å². The average Bonchev–Trinajstić information content (AvgIpc) is 3.46. The van der Waals surface area contributed by atoms with Crippen molar-refractivity contribution in [3.05, 3.63) is 97.6 Å². The first-order chi connectivity index (χ1) is 16.9. The summed E-state index contributed by atoms with van der Waals surface area (Å²) in [5.74, 6) is 1.99. The van der Waals surface area contributed by atoms with Crippen molar-refractivity contribution < 1.29 is 0 Å². The van der Waals surface area contributed by atoms with Crippen LogP contribution in [-0.2, 0) is 13.1 Å². The van der Waals surface area contributed by atoms with Gasteiger partial charge in [-0.05, 0) is 61.4 Å². The zero-order valence-corrected chi connectivity index (χ0v) is 18.7. The number of fused-ring (bicyclic) bond motifs is 2. The second-order valence-corrected chi connectivity index (χ2v) is 8.33. The lowest BCUT2D eigenvalue weighted by molar-refractivity contribution is 0.571. The molecule has 0 N–H and O–H groups in total. The van der Waals surface area contributed by atoms with E-state index in [1.54, 1.807) is 0 Å². The van der Waals surface area contributed by atoms with E-state index in [4.69, 9.17) is 9.97 Å². The Bertz CT molecular complexity index is 1430.